The van der Waals surface area contributed by atoms with E-state index < -0.39 is 23.4 Å². The molecule has 3 rings (SSSR count). The van der Waals surface area contributed by atoms with Crippen LogP contribution < -0.4 is 0 Å². The Kier molecular flexibility index (Phi) is 8.96. The summed E-state index contributed by atoms with van der Waals surface area (Å²) in [6, 6.07) is 3.15. The molecule has 0 spiro atoms. The van der Waals surface area contributed by atoms with Gasteiger partial charge in [0, 0.05) is 11.6 Å². The van der Waals surface area contributed by atoms with Gasteiger partial charge in [0.1, 0.15) is 5.82 Å². The molecule has 2 aromatic heterocycles. The number of benzene rings is 1. The smallest absolute Gasteiger partial charge is 0.340 e. The van der Waals surface area contributed by atoms with Crippen LogP contribution in [0.5, 0.6) is 0 Å². The molecular weight excluding hydrogens is 413 g/mol. The van der Waals surface area contributed by atoms with E-state index in [-0.39, 0.29) is 37.3 Å². The molecule has 0 atom stereocenters. The number of carbonyl (C=O) groups is 1. The van der Waals surface area contributed by atoms with Gasteiger partial charge >= 0.3 is 5.97 Å². The zero-order chi connectivity index (χ0) is 21.9. The summed E-state index contributed by atoms with van der Waals surface area (Å²) in [6.45, 7) is 11.4. The van der Waals surface area contributed by atoms with Gasteiger partial charge in [-0.1, -0.05) is 27.7 Å². The Morgan fingerprint density at radius 3 is 2.37 bits per heavy atom. The number of rotatable bonds is 4. The maximum atomic E-state index is 14.4. The lowest BCUT2D eigenvalue weighted by Gasteiger charge is -2.14. The van der Waals surface area contributed by atoms with E-state index in [9.17, 15) is 18.0 Å². The lowest BCUT2D eigenvalue weighted by atomic mass is 9.98. The topological polar surface area (TPSA) is 43.6 Å². The Morgan fingerprint density at radius 2 is 1.80 bits per heavy atom. The second kappa shape index (κ2) is 10.5. The maximum absolute atomic E-state index is 14.4. The van der Waals surface area contributed by atoms with Gasteiger partial charge in [-0.15, -0.1) is 0 Å². The van der Waals surface area contributed by atoms with Gasteiger partial charge in [0.05, 0.1) is 29.6 Å². The number of esters is 1. The lowest BCUT2D eigenvalue weighted by Crippen LogP contribution is -2.12. The molecule has 0 saturated heterocycles. The van der Waals surface area contributed by atoms with Gasteiger partial charge in [-0.2, -0.15) is 18.6 Å². The monoisotopic (exact) mass is 440 g/mol. The zero-order valence-corrected chi connectivity index (χ0v) is 18.9. The summed E-state index contributed by atoms with van der Waals surface area (Å²) < 4.78 is 48.3. The lowest BCUT2D eigenvalue weighted by molar-refractivity contribution is 0.0524. The Bertz CT molecular complexity index is 1050. The molecule has 2 heterocycles. The molecule has 3 aromatic rings. The molecule has 0 bridgehead atoms. The molecule has 8 heteroatoms. The highest BCUT2D eigenvalue weighted by atomic mass is 32.1. The molecular formula is C22H27F3N2O2S. The van der Waals surface area contributed by atoms with Gasteiger partial charge in [-0.3, -0.25) is 0 Å². The molecule has 0 aliphatic heterocycles. The molecule has 164 valence electrons. The third-order valence-corrected chi connectivity index (χ3v) is 4.36. The van der Waals surface area contributed by atoms with Crippen LogP contribution in [-0.2, 0) is 4.74 Å². The van der Waals surface area contributed by atoms with E-state index in [1.54, 1.807) is 19.9 Å². The first-order valence-electron chi connectivity index (χ1n) is 9.59. The highest BCUT2D eigenvalue weighted by Crippen LogP contribution is 2.34. The fourth-order valence-electron chi connectivity index (χ4n) is 3.29. The van der Waals surface area contributed by atoms with Crippen LogP contribution in [0.3, 0.4) is 0 Å². The predicted molar refractivity (Wildman–Crippen MR) is 117 cm³/mol. The Hall–Kier alpha value is -2.48. The summed E-state index contributed by atoms with van der Waals surface area (Å²) in [6.07, 6.45) is 1.34. The van der Waals surface area contributed by atoms with Crippen LogP contribution in [0.15, 0.2) is 24.4 Å². The minimum Gasteiger partial charge on any atom is -0.462 e. The van der Waals surface area contributed by atoms with Crippen molar-refractivity contribution in [1.29, 1.82) is 0 Å². The molecule has 1 aromatic carbocycles. The first-order valence-corrected chi connectivity index (χ1v) is 9.59. The van der Waals surface area contributed by atoms with Crippen LogP contribution in [0.25, 0.3) is 16.8 Å². The minimum absolute atomic E-state index is 0. The van der Waals surface area contributed by atoms with Crippen molar-refractivity contribution < 1.29 is 22.7 Å². The molecule has 0 amide bonds. The molecule has 30 heavy (non-hydrogen) atoms. The van der Waals surface area contributed by atoms with E-state index in [0.717, 1.165) is 6.07 Å². The first kappa shape index (κ1) is 25.6. The number of aromatic nitrogens is 2. The Balaban J connectivity index is 0.00000146. The Morgan fingerprint density at radius 1 is 1.17 bits per heavy atom. The number of hydrogen-bond acceptors (Lipinski definition) is 3. The van der Waals surface area contributed by atoms with Crippen molar-refractivity contribution in [2.75, 3.05) is 6.61 Å². The number of hydrogen-bond donors (Lipinski definition) is 0. The predicted octanol–water partition coefficient (Wildman–Crippen LogP) is 6.17. The molecule has 0 fully saturated rings. The summed E-state index contributed by atoms with van der Waals surface area (Å²) in [7, 11) is 0. The van der Waals surface area contributed by atoms with Crippen molar-refractivity contribution in [1.82, 2.24) is 9.61 Å². The standard InChI is InChI=1S/C20H19F3N2O2.C2H6.H2S/c1-5-27-20(26)14-9-24-25-16(17(14)10(2)3)6-11(4)19(25)13-7-12(21)8-15(22)18(13)23;1-2;/h6-10H,5H2,1-4H3;1-2H3;1H2. The summed E-state index contributed by atoms with van der Waals surface area (Å²) in [4.78, 5) is 12.3. The molecule has 0 radical (unpaired) electrons. The number of fused-ring (bicyclic) bond motifs is 1. The number of halogens is 3. The van der Waals surface area contributed by atoms with Crippen LogP contribution in [0.4, 0.5) is 13.2 Å². The van der Waals surface area contributed by atoms with E-state index in [4.69, 9.17) is 4.74 Å². The van der Waals surface area contributed by atoms with Crippen LogP contribution in [0.1, 0.15) is 62.0 Å². The van der Waals surface area contributed by atoms with Gasteiger partial charge in [0.25, 0.3) is 0 Å². The van der Waals surface area contributed by atoms with Gasteiger partial charge in [0.15, 0.2) is 11.6 Å². The fourth-order valence-corrected chi connectivity index (χ4v) is 3.29. The third kappa shape index (κ3) is 4.64. The first-order chi connectivity index (χ1) is 13.8. The quantitative estimate of drug-likeness (QED) is 0.360. The van der Waals surface area contributed by atoms with Crippen LogP contribution in [0, 0.1) is 24.4 Å². The average molecular weight is 441 g/mol. The summed E-state index contributed by atoms with van der Waals surface area (Å²) in [5, 5.41) is 4.23. The van der Waals surface area contributed by atoms with Gasteiger partial charge in [0.2, 0.25) is 0 Å². The summed E-state index contributed by atoms with van der Waals surface area (Å²) in [5.41, 5.74) is 2.14. The highest BCUT2D eigenvalue weighted by molar-refractivity contribution is 7.59. The second-order valence-electron chi connectivity index (χ2n) is 6.57. The van der Waals surface area contributed by atoms with Crippen molar-refractivity contribution in [3.8, 4) is 11.3 Å². The van der Waals surface area contributed by atoms with E-state index in [1.807, 2.05) is 27.7 Å². The van der Waals surface area contributed by atoms with Gasteiger partial charge < -0.3 is 4.74 Å². The van der Waals surface area contributed by atoms with Gasteiger partial charge in [-0.25, -0.2) is 22.5 Å². The van der Waals surface area contributed by atoms with E-state index in [0.29, 0.717) is 28.3 Å². The minimum atomic E-state index is -1.27. The zero-order valence-electron chi connectivity index (χ0n) is 17.9. The van der Waals surface area contributed by atoms with Crippen molar-refractivity contribution in [3.63, 3.8) is 0 Å². The van der Waals surface area contributed by atoms with E-state index >= 15 is 0 Å². The Labute approximate surface area is 181 Å². The van der Waals surface area contributed by atoms with Crippen LogP contribution >= 0.6 is 13.5 Å². The third-order valence-electron chi connectivity index (χ3n) is 4.36. The molecule has 0 saturated carbocycles. The van der Waals surface area contributed by atoms with Crippen LogP contribution in [-0.4, -0.2) is 22.2 Å². The van der Waals surface area contributed by atoms with Crippen molar-refractivity contribution in [2.45, 2.75) is 47.5 Å². The normalized spacial score (nSPS) is 10.5. The number of ether oxygens (including phenoxy) is 1. The van der Waals surface area contributed by atoms with Gasteiger partial charge in [-0.05, 0) is 43.0 Å². The second-order valence-corrected chi connectivity index (χ2v) is 6.57. The number of carbonyl (C=O) groups excluding carboxylic acids is 1. The van der Waals surface area contributed by atoms with E-state index in [2.05, 4.69) is 5.10 Å². The fraction of sp³-hybridized carbons (Fsp3) is 0.364. The number of nitrogens with zero attached hydrogens (tertiary/aromatic N) is 2. The van der Waals surface area contributed by atoms with Crippen LogP contribution in [0.2, 0.25) is 0 Å². The number of aryl methyl sites for hydroxylation is 1. The average Bonchev–Trinajstić information content (AvgIpc) is 3.01. The SMILES string of the molecule is CC.CCOC(=O)c1cnn2c(-c3cc(F)cc(F)c3F)c(C)cc2c1C(C)C.S. The summed E-state index contributed by atoms with van der Waals surface area (Å²) >= 11 is 0. The molecule has 0 aliphatic rings. The van der Waals surface area contributed by atoms with E-state index in [1.165, 1.54) is 10.7 Å². The van der Waals surface area contributed by atoms with Crippen molar-refractivity contribution in [2.24, 2.45) is 0 Å². The molecule has 4 nitrogen and oxygen atoms in total. The summed E-state index contributed by atoms with van der Waals surface area (Å²) in [5.74, 6) is -3.87. The van der Waals surface area contributed by atoms with Crippen molar-refractivity contribution >= 4 is 25.0 Å². The van der Waals surface area contributed by atoms with Crippen molar-refractivity contribution in [3.05, 3.63) is 58.5 Å². The highest BCUT2D eigenvalue weighted by Gasteiger charge is 2.24. The maximum Gasteiger partial charge on any atom is 0.340 e. The molecule has 0 aliphatic carbocycles. The molecule has 0 unspecified atom stereocenters. The largest absolute Gasteiger partial charge is 0.462 e. The molecule has 0 N–H and O–H groups in total.